The monoisotopic (exact) mass is 362 g/mol. The Morgan fingerprint density at radius 1 is 1.00 bits per heavy atom. The smallest absolute Gasteiger partial charge is 0.226 e. The van der Waals surface area contributed by atoms with Crippen molar-refractivity contribution in [3.63, 3.8) is 0 Å². The number of fused-ring (bicyclic) bond motifs is 1. The lowest BCUT2D eigenvalue weighted by Gasteiger charge is -2.37. The summed E-state index contributed by atoms with van der Waals surface area (Å²) in [6.45, 7) is 4.16. The Morgan fingerprint density at radius 3 is 2.33 bits per heavy atom. The van der Waals surface area contributed by atoms with Gasteiger partial charge in [-0.3, -0.25) is 0 Å². The first kappa shape index (κ1) is 17.1. The van der Waals surface area contributed by atoms with E-state index in [1.54, 1.807) is 14.2 Å². The number of H-pyrrole nitrogens is 1. The molecule has 3 aromatic rings. The highest BCUT2D eigenvalue weighted by Crippen LogP contribution is 2.44. The van der Waals surface area contributed by atoms with E-state index in [1.807, 2.05) is 12.1 Å². The number of hydrogen-bond acceptors (Lipinski definition) is 5. The fourth-order valence-electron chi connectivity index (χ4n) is 3.59. The molecular formula is C21H22N4O2. The number of aryl methyl sites for hydroxylation is 1. The molecule has 2 aromatic carbocycles. The van der Waals surface area contributed by atoms with E-state index >= 15 is 0 Å². The van der Waals surface area contributed by atoms with Crippen LogP contribution in [0.15, 0.2) is 48.4 Å². The molecule has 0 radical (unpaired) electrons. The second kappa shape index (κ2) is 6.79. The van der Waals surface area contributed by atoms with Gasteiger partial charge in [0.25, 0.3) is 0 Å². The van der Waals surface area contributed by atoms with E-state index in [9.17, 15) is 0 Å². The van der Waals surface area contributed by atoms with Gasteiger partial charge in [-0.05, 0) is 48.7 Å². The first-order valence-corrected chi connectivity index (χ1v) is 8.77. The Labute approximate surface area is 158 Å². The zero-order valence-corrected chi connectivity index (χ0v) is 15.9. The van der Waals surface area contributed by atoms with Gasteiger partial charge < -0.3 is 14.4 Å². The average molecular weight is 362 g/mol. The number of methoxy groups -OCH3 is 2. The van der Waals surface area contributed by atoms with E-state index < -0.39 is 0 Å². The van der Waals surface area contributed by atoms with Gasteiger partial charge in [0.2, 0.25) is 5.95 Å². The SMILES string of the molecule is COc1cc2c(cc1OC)C(c1ccc(C)cc1)N(c1ncn[nH]1)C(C)=C2. The Balaban J connectivity index is 1.95. The number of nitrogens with one attached hydrogen (secondary N) is 1. The molecule has 6 heteroatoms. The topological polar surface area (TPSA) is 63.3 Å². The normalized spacial score (nSPS) is 15.9. The summed E-state index contributed by atoms with van der Waals surface area (Å²) in [6, 6.07) is 12.6. The third-order valence-corrected chi connectivity index (χ3v) is 4.91. The lowest BCUT2D eigenvalue weighted by atomic mass is 9.88. The molecular weight excluding hydrogens is 340 g/mol. The molecule has 4 rings (SSSR count). The summed E-state index contributed by atoms with van der Waals surface area (Å²) in [5.41, 5.74) is 5.68. The maximum atomic E-state index is 5.56. The average Bonchev–Trinajstić information content (AvgIpc) is 3.21. The highest BCUT2D eigenvalue weighted by molar-refractivity contribution is 5.72. The highest BCUT2D eigenvalue weighted by atomic mass is 16.5. The van der Waals surface area contributed by atoms with Crippen molar-refractivity contribution in [3.05, 3.63) is 70.7 Å². The number of benzene rings is 2. The van der Waals surface area contributed by atoms with Crippen LogP contribution in [0.3, 0.4) is 0 Å². The van der Waals surface area contributed by atoms with Gasteiger partial charge in [-0.1, -0.05) is 29.8 Å². The Hall–Kier alpha value is -3.28. The molecule has 0 spiro atoms. The summed E-state index contributed by atoms with van der Waals surface area (Å²) in [6.07, 6.45) is 3.66. The first-order chi connectivity index (χ1) is 13.1. The van der Waals surface area contributed by atoms with Crippen LogP contribution in [0, 0.1) is 6.92 Å². The van der Waals surface area contributed by atoms with Crippen molar-refractivity contribution in [1.82, 2.24) is 15.2 Å². The third kappa shape index (κ3) is 2.93. The zero-order chi connectivity index (χ0) is 19.0. The van der Waals surface area contributed by atoms with Crippen molar-refractivity contribution in [2.24, 2.45) is 0 Å². The molecule has 27 heavy (non-hydrogen) atoms. The molecule has 0 saturated heterocycles. The van der Waals surface area contributed by atoms with Crippen molar-refractivity contribution in [2.45, 2.75) is 19.9 Å². The lowest BCUT2D eigenvalue weighted by molar-refractivity contribution is 0.354. The number of ether oxygens (including phenoxy) is 2. The highest BCUT2D eigenvalue weighted by Gasteiger charge is 2.32. The molecule has 1 aromatic heterocycles. The summed E-state index contributed by atoms with van der Waals surface area (Å²) in [4.78, 5) is 6.55. The van der Waals surface area contributed by atoms with Gasteiger partial charge >= 0.3 is 0 Å². The minimum absolute atomic E-state index is 0.0571. The van der Waals surface area contributed by atoms with Gasteiger partial charge in [-0.25, -0.2) is 5.10 Å². The van der Waals surface area contributed by atoms with Gasteiger partial charge in [-0.15, -0.1) is 0 Å². The number of hydrogen-bond donors (Lipinski definition) is 1. The maximum Gasteiger partial charge on any atom is 0.226 e. The molecule has 2 heterocycles. The fourth-order valence-corrected chi connectivity index (χ4v) is 3.59. The van der Waals surface area contributed by atoms with Crippen molar-refractivity contribution >= 4 is 12.0 Å². The number of aromatic amines is 1. The van der Waals surface area contributed by atoms with Crippen LogP contribution in [0.2, 0.25) is 0 Å². The van der Waals surface area contributed by atoms with Crippen molar-refractivity contribution in [1.29, 1.82) is 0 Å². The zero-order valence-electron chi connectivity index (χ0n) is 15.9. The molecule has 1 aliphatic heterocycles. The summed E-state index contributed by atoms with van der Waals surface area (Å²) in [5.74, 6) is 2.13. The predicted molar refractivity (Wildman–Crippen MR) is 105 cm³/mol. The van der Waals surface area contributed by atoms with Crippen LogP contribution < -0.4 is 14.4 Å². The van der Waals surface area contributed by atoms with Crippen LogP contribution in [0.25, 0.3) is 6.08 Å². The quantitative estimate of drug-likeness (QED) is 0.757. The van der Waals surface area contributed by atoms with E-state index in [0.717, 1.165) is 28.1 Å². The molecule has 1 N–H and O–H groups in total. The van der Waals surface area contributed by atoms with Crippen molar-refractivity contribution < 1.29 is 9.47 Å². The van der Waals surface area contributed by atoms with E-state index in [1.165, 1.54) is 11.9 Å². The molecule has 0 amide bonds. The number of aromatic nitrogens is 3. The molecule has 0 bridgehead atoms. The fraction of sp³-hybridized carbons (Fsp3) is 0.238. The minimum Gasteiger partial charge on any atom is -0.493 e. The van der Waals surface area contributed by atoms with Gasteiger partial charge in [0.1, 0.15) is 6.33 Å². The molecule has 1 atom stereocenters. The lowest BCUT2D eigenvalue weighted by Crippen LogP contribution is -2.32. The Kier molecular flexibility index (Phi) is 4.32. The van der Waals surface area contributed by atoms with Crippen LogP contribution in [0.5, 0.6) is 11.5 Å². The number of nitrogens with zero attached hydrogens (tertiary/aromatic N) is 3. The Morgan fingerprint density at radius 2 is 1.70 bits per heavy atom. The van der Waals surface area contributed by atoms with Crippen LogP contribution in [0.4, 0.5) is 5.95 Å². The largest absolute Gasteiger partial charge is 0.493 e. The molecule has 138 valence electrons. The number of rotatable bonds is 4. The van der Waals surface area contributed by atoms with E-state index in [2.05, 4.69) is 64.3 Å². The van der Waals surface area contributed by atoms with Crippen LogP contribution in [-0.2, 0) is 0 Å². The van der Waals surface area contributed by atoms with E-state index in [0.29, 0.717) is 11.7 Å². The molecule has 1 aliphatic rings. The van der Waals surface area contributed by atoms with E-state index in [4.69, 9.17) is 9.47 Å². The first-order valence-electron chi connectivity index (χ1n) is 8.77. The standard InChI is InChI=1S/C21H22N4O2/c1-13-5-7-15(8-6-13)20-17-11-19(27-4)18(26-3)10-16(17)9-14(2)25(20)21-22-12-23-24-21/h5-12,20H,1-4H3,(H,22,23,24). The van der Waals surface area contributed by atoms with Crippen LogP contribution in [0.1, 0.15) is 35.2 Å². The minimum atomic E-state index is -0.0571. The second-order valence-electron chi connectivity index (χ2n) is 6.61. The second-order valence-corrected chi connectivity index (χ2v) is 6.61. The summed E-state index contributed by atoms with van der Waals surface area (Å²) in [7, 11) is 3.31. The van der Waals surface area contributed by atoms with Crippen LogP contribution >= 0.6 is 0 Å². The van der Waals surface area contributed by atoms with Gasteiger partial charge in [0.05, 0.1) is 20.3 Å². The molecule has 1 unspecified atom stereocenters. The molecule has 6 nitrogen and oxygen atoms in total. The molecule has 0 saturated carbocycles. The van der Waals surface area contributed by atoms with E-state index in [-0.39, 0.29) is 6.04 Å². The van der Waals surface area contributed by atoms with Gasteiger partial charge in [0, 0.05) is 5.70 Å². The summed E-state index contributed by atoms with van der Waals surface area (Å²) in [5, 5.41) is 7.04. The van der Waals surface area contributed by atoms with Crippen LogP contribution in [-0.4, -0.2) is 29.4 Å². The van der Waals surface area contributed by atoms with Crippen molar-refractivity contribution in [3.8, 4) is 11.5 Å². The van der Waals surface area contributed by atoms with Gasteiger partial charge in [0.15, 0.2) is 11.5 Å². The van der Waals surface area contributed by atoms with Crippen molar-refractivity contribution in [2.75, 3.05) is 19.1 Å². The Bertz CT molecular complexity index is 978. The maximum absolute atomic E-state index is 5.56. The number of anilines is 1. The summed E-state index contributed by atoms with van der Waals surface area (Å²) < 4.78 is 11.1. The third-order valence-electron chi connectivity index (χ3n) is 4.91. The molecule has 0 fully saturated rings. The number of allylic oxidation sites excluding steroid dienone is 1. The predicted octanol–water partition coefficient (Wildman–Crippen LogP) is 4.10. The molecule has 0 aliphatic carbocycles. The summed E-state index contributed by atoms with van der Waals surface area (Å²) >= 11 is 0. The van der Waals surface area contributed by atoms with Gasteiger partial charge in [-0.2, -0.15) is 10.1 Å².